The number of hydrogen-bond acceptors (Lipinski definition) is 4. The first-order chi connectivity index (χ1) is 14.5. The zero-order chi connectivity index (χ0) is 21.7. The monoisotopic (exact) mass is 404 g/mol. The van der Waals surface area contributed by atoms with Crippen LogP contribution >= 0.6 is 0 Å². The molecule has 2 aromatic rings. The average molecular weight is 405 g/mol. The number of ketones is 1. The van der Waals surface area contributed by atoms with Crippen molar-refractivity contribution in [2.24, 2.45) is 5.92 Å². The number of aryl methyl sites for hydroxylation is 2. The molecule has 5 heteroatoms. The molecular formula is C25H28N2O3. The summed E-state index contributed by atoms with van der Waals surface area (Å²) in [5.74, 6) is 5.13. The third-order valence-corrected chi connectivity index (χ3v) is 5.77. The number of hydrogen-bond donors (Lipinski definition) is 2. The lowest BCUT2D eigenvalue weighted by atomic mass is 9.84. The summed E-state index contributed by atoms with van der Waals surface area (Å²) in [6, 6.07) is 9.19. The SMILES string of the molecule is CC#Cc1cc(C)c(C2C(=O)CC(CCNC(=O)c3ccccn3)C2O)c(CC)c1. The molecule has 5 nitrogen and oxygen atoms in total. The van der Waals surface area contributed by atoms with E-state index >= 15 is 0 Å². The van der Waals surface area contributed by atoms with E-state index in [9.17, 15) is 14.7 Å². The van der Waals surface area contributed by atoms with E-state index in [1.54, 1.807) is 31.3 Å². The lowest BCUT2D eigenvalue weighted by Crippen LogP contribution is -2.29. The van der Waals surface area contributed by atoms with E-state index in [1.807, 2.05) is 19.1 Å². The van der Waals surface area contributed by atoms with E-state index < -0.39 is 12.0 Å². The van der Waals surface area contributed by atoms with Gasteiger partial charge in [0.05, 0.1) is 12.0 Å². The summed E-state index contributed by atoms with van der Waals surface area (Å²) >= 11 is 0. The van der Waals surface area contributed by atoms with Crippen molar-refractivity contribution >= 4 is 11.7 Å². The zero-order valence-electron chi connectivity index (χ0n) is 17.7. The quantitative estimate of drug-likeness (QED) is 0.725. The number of aromatic nitrogens is 1. The van der Waals surface area contributed by atoms with Crippen LogP contribution in [0.2, 0.25) is 0 Å². The van der Waals surface area contributed by atoms with Crippen molar-refractivity contribution in [3.05, 3.63) is 64.5 Å². The van der Waals surface area contributed by atoms with Crippen LogP contribution in [0.1, 0.15) is 65.3 Å². The van der Waals surface area contributed by atoms with Crippen molar-refractivity contribution in [2.75, 3.05) is 6.54 Å². The molecule has 3 unspecified atom stereocenters. The van der Waals surface area contributed by atoms with Crippen molar-refractivity contribution in [1.29, 1.82) is 0 Å². The minimum atomic E-state index is -0.753. The Kier molecular flexibility index (Phi) is 7.02. The molecule has 0 saturated heterocycles. The normalized spacial score (nSPS) is 20.5. The van der Waals surface area contributed by atoms with Gasteiger partial charge in [-0.15, -0.1) is 5.92 Å². The Morgan fingerprint density at radius 3 is 2.80 bits per heavy atom. The van der Waals surface area contributed by atoms with Gasteiger partial charge in [0.15, 0.2) is 0 Å². The van der Waals surface area contributed by atoms with Crippen LogP contribution in [0.15, 0.2) is 36.5 Å². The van der Waals surface area contributed by atoms with Crippen LogP contribution in [0.3, 0.4) is 0 Å². The Labute approximate surface area is 177 Å². The fraction of sp³-hybridized carbons (Fsp3) is 0.400. The molecule has 1 amide bonds. The fourth-order valence-electron chi connectivity index (χ4n) is 4.36. The molecule has 2 N–H and O–H groups in total. The molecule has 1 aliphatic carbocycles. The van der Waals surface area contributed by atoms with Crippen LogP contribution in [0.4, 0.5) is 0 Å². The molecule has 1 aromatic carbocycles. The lowest BCUT2D eigenvalue weighted by molar-refractivity contribution is -0.119. The van der Waals surface area contributed by atoms with Crippen molar-refractivity contribution in [2.45, 2.75) is 52.1 Å². The molecule has 0 radical (unpaired) electrons. The second-order valence-corrected chi connectivity index (χ2v) is 7.75. The van der Waals surface area contributed by atoms with E-state index in [2.05, 4.69) is 29.1 Å². The van der Waals surface area contributed by atoms with E-state index in [0.717, 1.165) is 28.7 Å². The highest BCUT2D eigenvalue weighted by molar-refractivity contribution is 5.92. The lowest BCUT2D eigenvalue weighted by Gasteiger charge is -2.23. The molecular weight excluding hydrogens is 376 g/mol. The molecule has 0 aliphatic heterocycles. The molecule has 30 heavy (non-hydrogen) atoms. The van der Waals surface area contributed by atoms with Gasteiger partial charge in [-0.2, -0.15) is 0 Å². The number of Topliss-reactive ketones (excluding diaryl/α,β-unsaturated/α-hetero) is 1. The van der Waals surface area contributed by atoms with Crippen molar-refractivity contribution in [3.8, 4) is 11.8 Å². The Morgan fingerprint density at radius 2 is 2.13 bits per heavy atom. The molecule has 0 spiro atoms. The van der Waals surface area contributed by atoms with Crippen LogP contribution < -0.4 is 5.32 Å². The fourth-order valence-corrected chi connectivity index (χ4v) is 4.36. The first-order valence-corrected chi connectivity index (χ1v) is 10.4. The van der Waals surface area contributed by atoms with Gasteiger partial charge in [-0.1, -0.05) is 18.9 Å². The molecule has 1 aromatic heterocycles. The highest BCUT2D eigenvalue weighted by Crippen LogP contribution is 2.40. The summed E-state index contributed by atoms with van der Waals surface area (Å²) in [4.78, 5) is 29.0. The maximum absolute atomic E-state index is 12.9. The van der Waals surface area contributed by atoms with Crippen molar-refractivity contribution in [3.63, 3.8) is 0 Å². The zero-order valence-corrected chi connectivity index (χ0v) is 17.7. The molecule has 156 valence electrons. The molecule has 1 heterocycles. The second-order valence-electron chi connectivity index (χ2n) is 7.75. The third-order valence-electron chi connectivity index (χ3n) is 5.77. The van der Waals surface area contributed by atoms with E-state index in [4.69, 9.17) is 0 Å². The summed E-state index contributed by atoms with van der Waals surface area (Å²) in [5, 5.41) is 13.8. The summed E-state index contributed by atoms with van der Waals surface area (Å²) in [5.41, 5.74) is 4.29. The van der Waals surface area contributed by atoms with E-state index in [1.165, 1.54) is 0 Å². The number of carbonyl (C=O) groups is 2. The number of pyridine rings is 1. The summed E-state index contributed by atoms with van der Waals surface area (Å²) < 4.78 is 0. The Hall–Kier alpha value is -2.97. The Bertz CT molecular complexity index is 989. The molecule has 0 bridgehead atoms. The highest BCUT2D eigenvalue weighted by Gasteiger charge is 2.43. The van der Waals surface area contributed by atoms with Gasteiger partial charge in [0.1, 0.15) is 11.5 Å². The molecule has 1 saturated carbocycles. The summed E-state index contributed by atoms with van der Waals surface area (Å²) in [7, 11) is 0. The van der Waals surface area contributed by atoms with Crippen molar-refractivity contribution < 1.29 is 14.7 Å². The van der Waals surface area contributed by atoms with E-state index in [-0.39, 0.29) is 17.6 Å². The van der Waals surface area contributed by atoms with Crippen LogP contribution in [-0.4, -0.2) is 34.4 Å². The van der Waals surface area contributed by atoms with Gasteiger partial charge in [0.2, 0.25) is 0 Å². The number of carbonyl (C=O) groups excluding carboxylic acids is 2. The smallest absolute Gasteiger partial charge is 0.269 e. The molecule has 1 aliphatic rings. The maximum atomic E-state index is 12.9. The van der Waals surface area contributed by atoms with Gasteiger partial charge in [-0.25, -0.2) is 0 Å². The minimum Gasteiger partial charge on any atom is -0.392 e. The second kappa shape index (κ2) is 9.69. The number of benzene rings is 1. The third kappa shape index (κ3) is 4.60. The number of aliphatic hydroxyl groups is 1. The Balaban J connectivity index is 1.71. The summed E-state index contributed by atoms with van der Waals surface area (Å²) in [6.45, 7) is 6.23. The van der Waals surface area contributed by atoms with Crippen molar-refractivity contribution in [1.82, 2.24) is 10.3 Å². The van der Waals surface area contributed by atoms with Crippen LogP contribution in [-0.2, 0) is 11.2 Å². The molecule has 1 fully saturated rings. The predicted octanol–water partition coefficient (Wildman–Crippen LogP) is 3.18. The van der Waals surface area contributed by atoms with E-state index in [0.29, 0.717) is 25.1 Å². The van der Waals surface area contributed by atoms with Crippen LogP contribution in [0.5, 0.6) is 0 Å². The number of nitrogens with zero attached hydrogens (tertiary/aromatic N) is 1. The van der Waals surface area contributed by atoms with Gasteiger partial charge < -0.3 is 10.4 Å². The van der Waals surface area contributed by atoms with Crippen LogP contribution in [0, 0.1) is 24.7 Å². The van der Waals surface area contributed by atoms with Gasteiger partial charge in [0.25, 0.3) is 5.91 Å². The van der Waals surface area contributed by atoms with Gasteiger partial charge in [-0.05, 0) is 73.6 Å². The molecule has 3 rings (SSSR count). The van der Waals surface area contributed by atoms with Crippen LogP contribution in [0.25, 0.3) is 0 Å². The first kappa shape index (κ1) is 21.7. The standard InChI is InChI=1S/C25H28N2O3/c1-4-8-17-13-16(3)22(18(5-2)14-17)23-21(28)15-19(24(23)29)10-12-27-25(30)20-9-6-7-11-26-20/h6-7,9,11,13-14,19,23-24,29H,5,10,12,15H2,1-3H3,(H,27,30). The topological polar surface area (TPSA) is 79.3 Å². The van der Waals surface area contributed by atoms with Gasteiger partial charge in [0, 0.05) is 24.7 Å². The first-order valence-electron chi connectivity index (χ1n) is 10.4. The molecule has 3 atom stereocenters. The Morgan fingerprint density at radius 1 is 1.33 bits per heavy atom. The average Bonchev–Trinajstić information content (AvgIpc) is 3.01. The summed E-state index contributed by atoms with van der Waals surface area (Å²) in [6.07, 6.45) is 2.46. The maximum Gasteiger partial charge on any atom is 0.269 e. The number of aliphatic hydroxyl groups excluding tert-OH is 1. The number of amides is 1. The highest BCUT2D eigenvalue weighted by atomic mass is 16.3. The van der Waals surface area contributed by atoms with Gasteiger partial charge in [-0.3, -0.25) is 14.6 Å². The number of nitrogens with one attached hydrogen (secondary N) is 1. The largest absolute Gasteiger partial charge is 0.392 e. The minimum absolute atomic E-state index is 0.0654. The predicted molar refractivity (Wildman–Crippen MR) is 116 cm³/mol. The number of rotatable bonds is 6. The van der Waals surface area contributed by atoms with Gasteiger partial charge >= 0.3 is 0 Å².